The first-order valence-electron chi connectivity index (χ1n) is 8.59. The Labute approximate surface area is 162 Å². The number of rotatable bonds is 3. The summed E-state index contributed by atoms with van der Waals surface area (Å²) in [6, 6.07) is 4.93. The lowest BCUT2D eigenvalue weighted by Crippen LogP contribution is -2.52. The minimum absolute atomic E-state index is 0. The Morgan fingerprint density at radius 1 is 1.33 bits per heavy atom. The van der Waals surface area contributed by atoms with Crippen molar-refractivity contribution in [3.8, 4) is 11.4 Å². The van der Waals surface area contributed by atoms with E-state index < -0.39 is 11.7 Å². The van der Waals surface area contributed by atoms with E-state index in [1.165, 1.54) is 12.1 Å². The largest absolute Gasteiger partial charge is 0.416 e. The smallest absolute Gasteiger partial charge is 0.337 e. The summed E-state index contributed by atoms with van der Waals surface area (Å²) in [5.74, 6) is 0.551. The van der Waals surface area contributed by atoms with Crippen molar-refractivity contribution in [3.05, 3.63) is 35.7 Å². The molecule has 2 N–H and O–H groups in total. The predicted octanol–water partition coefficient (Wildman–Crippen LogP) is 4.30. The molecule has 1 aliphatic heterocycles. The summed E-state index contributed by atoms with van der Waals surface area (Å²) >= 11 is 0. The molecule has 27 heavy (non-hydrogen) atoms. The first kappa shape index (κ1) is 21.7. The maximum atomic E-state index is 12.9. The second-order valence-electron chi connectivity index (χ2n) is 7.56. The zero-order chi connectivity index (χ0) is 19.1. The van der Waals surface area contributed by atoms with Crippen LogP contribution in [0.2, 0.25) is 0 Å². The Hall–Kier alpha value is -1.64. The molecule has 0 bridgehead atoms. The molecule has 2 unspecified atom stereocenters. The van der Waals surface area contributed by atoms with Gasteiger partial charge >= 0.3 is 6.18 Å². The highest BCUT2D eigenvalue weighted by molar-refractivity contribution is 5.85. The van der Waals surface area contributed by atoms with Crippen LogP contribution in [0.1, 0.15) is 44.7 Å². The molecule has 2 heterocycles. The Morgan fingerprint density at radius 2 is 2.04 bits per heavy atom. The highest BCUT2D eigenvalue weighted by Crippen LogP contribution is 2.34. The number of hydrogen-bond donors (Lipinski definition) is 1. The number of piperidine rings is 1. The average molecular weight is 405 g/mol. The Bertz CT molecular complexity index is 778. The summed E-state index contributed by atoms with van der Waals surface area (Å²) in [6.45, 7) is 7.80. The minimum Gasteiger partial charge on any atom is -0.337 e. The van der Waals surface area contributed by atoms with Gasteiger partial charge in [0.05, 0.1) is 11.6 Å². The van der Waals surface area contributed by atoms with Crippen LogP contribution in [0.3, 0.4) is 0 Å². The molecule has 0 saturated carbocycles. The van der Waals surface area contributed by atoms with Crippen LogP contribution in [0.25, 0.3) is 11.4 Å². The van der Waals surface area contributed by atoms with Gasteiger partial charge in [0.15, 0.2) is 0 Å². The molecule has 1 aliphatic rings. The second kappa shape index (κ2) is 7.77. The van der Waals surface area contributed by atoms with E-state index in [0.29, 0.717) is 5.89 Å². The van der Waals surface area contributed by atoms with Crippen molar-refractivity contribution >= 4 is 12.4 Å². The highest BCUT2D eigenvalue weighted by atomic mass is 35.5. The topological polar surface area (TPSA) is 68.2 Å². The fraction of sp³-hybridized carbons (Fsp3) is 0.556. The van der Waals surface area contributed by atoms with Gasteiger partial charge in [-0.15, -0.1) is 12.4 Å². The van der Waals surface area contributed by atoms with E-state index >= 15 is 0 Å². The van der Waals surface area contributed by atoms with Crippen LogP contribution in [0.4, 0.5) is 13.2 Å². The van der Waals surface area contributed by atoms with Crippen molar-refractivity contribution in [3.63, 3.8) is 0 Å². The summed E-state index contributed by atoms with van der Waals surface area (Å²) in [5, 5.41) is 3.87. The van der Waals surface area contributed by atoms with Crippen LogP contribution in [-0.2, 0) is 6.18 Å². The van der Waals surface area contributed by atoms with Crippen LogP contribution < -0.4 is 5.73 Å². The average Bonchev–Trinajstić information content (AvgIpc) is 3.06. The summed E-state index contributed by atoms with van der Waals surface area (Å²) in [4.78, 5) is 6.54. The molecule has 1 aromatic heterocycles. The van der Waals surface area contributed by atoms with Crippen LogP contribution in [-0.4, -0.2) is 34.2 Å². The fourth-order valence-corrected chi connectivity index (χ4v) is 3.26. The van der Waals surface area contributed by atoms with E-state index in [1.807, 2.05) is 6.92 Å². The third-order valence-electron chi connectivity index (χ3n) is 5.14. The predicted molar refractivity (Wildman–Crippen MR) is 98.3 cm³/mol. The zero-order valence-electron chi connectivity index (χ0n) is 15.5. The van der Waals surface area contributed by atoms with Gasteiger partial charge in [0.25, 0.3) is 0 Å². The van der Waals surface area contributed by atoms with Crippen molar-refractivity contribution in [1.82, 2.24) is 15.0 Å². The molecule has 150 valence electrons. The number of halogens is 4. The number of benzene rings is 1. The van der Waals surface area contributed by atoms with E-state index in [9.17, 15) is 13.2 Å². The number of nitrogens with two attached hydrogens (primary N) is 1. The molecular formula is C18H24ClF3N4O. The zero-order valence-corrected chi connectivity index (χ0v) is 16.3. The molecule has 1 saturated heterocycles. The summed E-state index contributed by atoms with van der Waals surface area (Å²) in [7, 11) is 0. The van der Waals surface area contributed by atoms with Gasteiger partial charge in [0.1, 0.15) is 0 Å². The molecular weight excluding hydrogens is 381 g/mol. The Balaban J connectivity index is 0.00000261. The van der Waals surface area contributed by atoms with E-state index in [4.69, 9.17) is 10.3 Å². The van der Waals surface area contributed by atoms with Crippen LogP contribution in [0.5, 0.6) is 0 Å². The van der Waals surface area contributed by atoms with Crippen molar-refractivity contribution < 1.29 is 17.7 Å². The molecule has 2 aromatic rings. The standard InChI is InChI=1S/C18H23F3N4O.ClH/c1-11(25-8-7-14(22)17(2,3)10-25)16-23-15(24-26-16)12-5-4-6-13(9-12)18(19,20)21;/h4-6,9,11,14H,7-8,10,22H2,1-3H3;1H. The van der Waals surface area contributed by atoms with Gasteiger partial charge in [-0.2, -0.15) is 18.2 Å². The Morgan fingerprint density at radius 3 is 2.67 bits per heavy atom. The van der Waals surface area contributed by atoms with Gasteiger partial charge in [0, 0.05) is 24.7 Å². The number of nitrogens with zero attached hydrogens (tertiary/aromatic N) is 3. The number of likely N-dealkylation sites (tertiary alicyclic amines) is 1. The van der Waals surface area contributed by atoms with Gasteiger partial charge in [-0.1, -0.05) is 31.1 Å². The maximum Gasteiger partial charge on any atom is 0.416 e. The van der Waals surface area contributed by atoms with Crippen molar-refractivity contribution in [2.24, 2.45) is 11.1 Å². The molecule has 0 amide bonds. The molecule has 0 aliphatic carbocycles. The molecule has 3 rings (SSSR count). The van der Waals surface area contributed by atoms with Gasteiger partial charge < -0.3 is 10.3 Å². The highest BCUT2D eigenvalue weighted by Gasteiger charge is 2.37. The third kappa shape index (κ3) is 4.62. The molecule has 1 fully saturated rings. The van der Waals surface area contributed by atoms with Crippen molar-refractivity contribution in [1.29, 1.82) is 0 Å². The van der Waals surface area contributed by atoms with Crippen molar-refractivity contribution in [2.75, 3.05) is 13.1 Å². The lowest BCUT2D eigenvalue weighted by molar-refractivity contribution is -0.137. The van der Waals surface area contributed by atoms with Gasteiger partial charge in [-0.05, 0) is 30.9 Å². The van der Waals surface area contributed by atoms with E-state index in [0.717, 1.165) is 31.6 Å². The first-order valence-corrected chi connectivity index (χ1v) is 8.59. The third-order valence-corrected chi connectivity index (χ3v) is 5.14. The molecule has 9 heteroatoms. The van der Waals surface area contributed by atoms with E-state index in [-0.39, 0.29) is 41.3 Å². The van der Waals surface area contributed by atoms with Gasteiger partial charge in [0.2, 0.25) is 11.7 Å². The number of alkyl halides is 3. The maximum absolute atomic E-state index is 12.9. The molecule has 2 atom stereocenters. The monoisotopic (exact) mass is 404 g/mol. The summed E-state index contributed by atoms with van der Waals surface area (Å²) < 4.78 is 44.0. The minimum atomic E-state index is -4.41. The van der Waals surface area contributed by atoms with E-state index in [1.54, 1.807) is 0 Å². The van der Waals surface area contributed by atoms with Crippen LogP contribution >= 0.6 is 12.4 Å². The van der Waals surface area contributed by atoms with Gasteiger partial charge in [-0.3, -0.25) is 4.90 Å². The Kier molecular flexibility index (Phi) is 6.23. The van der Waals surface area contributed by atoms with Crippen LogP contribution in [0.15, 0.2) is 28.8 Å². The summed E-state index contributed by atoms with van der Waals surface area (Å²) in [6.07, 6.45) is -3.54. The van der Waals surface area contributed by atoms with E-state index in [2.05, 4.69) is 28.9 Å². The summed E-state index contributed by atoms with van der Waals surface area (Å²) in [5.41, 5.74) is 5.69. The quantitative estimate of drug-likeness (QED) is 0.826. The number of hydrogen-bond acceptors (Lipinski definition) is 5. The molecule has 0 spiro atoms. The number of aromatic nitrogens is 2. The lowest BCUT2D eigenvalue weighted by Gasteiger charge is -2.44. The second-order valence-corrected chi connectivity index (χ2v) is 7.56. The first-order chi connectivity index (χ1) is 12.1. The molecule has 0 radical (unpaired) electrons. The van der Waals surface area contributed by atoms with Gasteiger partial charge in [-0.25, -0.2) is 0 Å². The normalized spacial score (nSPS) is 21.5. The molecule has 1 aromatic carbocycles. The van der Waals surface area contributed by atoms with Crippen molar-refractivity contribution in [2.45, 2.75) is 45.5 Å². The fourth-order valence-electron chi connectivity index (χ4n) is 3.26. The lowest BCUT2D eigenvalue weighted by atomic mass is 9.79. The molecule has 5 nitrogen and oxygen atoms in total. The van der Waals surface area contributed by atoms with Crippen LogP contribution in [0, 0.1) is 5.41 Å². The SMILES string of the molecule is CC(c1nc(-c2cccc(C(F)(F)F)c2)no1)N1CCC(N)C(C)(C)C1.Cl.